The molecule has 0 radical (unpaired) electrons. The lowest BCUT2D eigenvalue weighted by atomic mass is 9.90. The highest BCUT2D eigenvalue weighted by Gasteiger charge is 2.54. The maximum atomic E-state index is 15.3. The number of benzene rings is 2. The number of alkyl halides is 2. The lowest BCUT2D eigenvalue weighted by Gasteiger charge is -2.55. The number of fused-ring (bicyclic) bond motifs is 4. The number of urea groups is 1. The minimum Gasteiger partial charge on any atom is -0.504 e. The van der Waals surface area contributed by atoms with Crippen molar-refractivity contribution in [3.05, 3.63) is 59.4 Å². The number of halogens is 3. The molecule has 18 heteroatoms. The number of hydrogen-bond acceptors (Lipinski definition) is 11. The van der Waals surface area contributed by atoms with Gasteiger partial charge in [0.25, 0.3) is 12.3 Å². The standard InChI is InChI=1S/C42H49F3N10O5/c1-41(2)23-50(20-25-10-12-51(13-11-25)27-7-6-26-21-53(38(59)29(26)18-27)32-8-9-34(56)47-37(32)58)14-16-55(41)40(60)52-15-17-54-33-19-31(28-4-3-5-30(43)35(28)57)48-49-36(33)46-22-42(54,24-52)39(44)45/h3-7,18-19,25,32,39,57H,8-17,20-24H2,1-2H3,(H,46,49)(H,47,56,58)/t32-,42-/m1/s1. The highest BCUT2D eigenvalue weighted by molar-refractivity contribution is 6.05. The van der Waals surface area contributed by atoms with Gasteiger partial charge in [0.05, 0.1) is 23.5 Å². The Balaban J connectivity index is 0.803. The Kier molecular flexibility index (Phi) is 10.0. The van der Waals surface area contributed by atoms with Crippen LogP contribution in [-0.2, 0) is 16.1 Å². The van der Waals surface area contributed by atoms with Gasteiger partial charge in [-0.3, -0.25) is 24.6 Å². The molecular formula is C42H49F3N10O5. The van der Waals surface area contributed by atoms with Crippen LogP contribution in [-0.4, -0.2) is 148 Å². The molecule has 318 valence electrons. The van der Waals surface area contributed by atoms with Gasteiger partial charge in [-0.1, -0.05) is 12.1 Å². The monoisotopic (exact) mass is 830 g/mol. The molecule has 3 aromatic rings. The van der Waals surface area contributed by atoms with E-state index in [1.165, 1.54) is 23.1 Å². The maximum Gasteiger partial charge on any atom is 0.320 e. The predicted octanol–water partition coefficient (Wildman–Crippen LogP) is 3.73. The van der Waals surface area contributed by atoms with Crippen molar-refractivity contribution in [1.82, 2.24) is 35.1 Å². The van der Waals surface area contributed by atoms with Gasteiger partial charge in [-0.25, -0.2) is 18.0 Å². The molecular weight excluding hydrogens is 782 g/mol. The zero-order valence-corrected chi connectivity index (χ0v) is 33.7. The summed E-state index contributed by atoms with van der Waals surface area (Å²) in [7, 11) is 0. The number of piperazine rings is 2. The fourth-order valence-electron chi connectivity index (χ4n) is 10.1. The second kappa shape index (κ2) is 15.1. The number of carbonyl (C=O) groups is 4. The van der Waals surface area contributed by atoms with E-state index in [9.17, 15) is 28.7 Å². The number of aromatic hydroxyl groups is 1. The number of nitrogens with zero attached hydrogens (tertiary/aromatic N) is 8. The molecule has 0 bridgehead atoms. The highest BCUT2D eigenvalue weighted by atomic mass is 19.3. The molecule has 60 heavy (non-hydrogen) atoms. The highest BCUT2D eigenvalue weighted by Crippen LogP contribution is 2.43. The van der Waals surface area contributed by atoms with Gasteiger partial charge < -0.3 is 34.9 Å². The van der Waals surface area contributed by atoms with Gasteiger partial charge >= 0.3 is 6.03 Å². The summed E-state index contributed by atoms with van der Waals surface area (Å²) in [4.78, 5) is 63.0. The van der Waals surface area contributed by atoms with E-state index in [1.807, 2.05) is 36.9 Å². The Morgan fingerprint density at radius 1 is 0.950 bits per heavy atom. The molecule has 15 nitrogen and oxygen atoms in total. The van der Waals surface area contributed by atoms with E-state index in [0.717, 1.165) is 49.8 Å². The summed E-state index contributed by atoms with van der Waals surface area (Å²) >= 11 is 0. The van der Waals surface area contributed by atoms with E-state index < -0.39 is 41.0 Å². The van der Waals surface area contributed by atoms with E-state index in [0.29, 0.717) is 55.6 Å². The number of phenols is 1. The van der Waals surface area contributed by atoms with Crippen LogP contribution in [0.1, 0.15) is 55.5 Å². The van der Waals surface area contributed by atoms with Gasteiger partial charge in [-0.05, 0) is 74.9 Å². The third kappa shape index (κ3) is 6.91. The quantitative estimate of drug-likeness (QED) is 0.311. The summed E-state index contributed by atoms with van der Waals surface area (Å²) in [5, 5.41) is 24.0. The maximum absolute atomic E-state index is 15.3. The van der Waals surface area contributed by atoms with E-state index in [4.69, 9.17) is 0 Å². The van der Waals surface area contributed by atoms with Crippen molar-refractivity contribution in [2.75, 3.05) is 80.6 Å². The number of anilines is 3. The molecule has 2 atom stereocenters. The SMILES string of the molecule is CC1(C)CN(CC2CCN(c3ccc4c(c3)C(=O)N([C@@H]3CCC(=O)NC3=O)C4)CC2)CCN1C(=O)N1CCN2c3cc(-c4cccc(F)c4O)nnc3NC[C@]2(C(F)F)C1. The number of phenolic OH excluding ortho intramolecular Hbond substituents is 1. The number of hydrogen-bond donors (Lipinski definition) is 3. The Bertz CT molecular complexity index is 2240. The second-order valence-corrected chi connectivity index (χ2v) is 17.6. The van der Waals surface area contributed by atoms with Gasteiger partial charge in [0.2, 0.25) is 11.8 Å². The molecule has 6 aliphatic heterocycles. The van der Waals surface area contributed by atoms with Gasteiger partial charge in [-0.2, -0.15) is 0 Å². The van der Waals surface area contributed by atoms with Crippen LogP contribution in [0, 0.1) is 11.7 Å². The lowest BCUT2D eigenvalue weighted by Crippen LogP contribution is -2.73. The minimum absolute atomic E-state index is 0.0932. The van der Waals surface area contributed by atoms with Crippen molar-refractivity contribution < 1.29 is 37.5 Å². The van der Waals surface area contributed by atoms with Crippen molar-refractivity contribution in [3.8, 4) is 17.0 Å². The van der Waals surface area contributed by atoms with Crippen molar-refractivity contribution in [2.45, 2.75) is 69.6 Å². The summed E-state index contributed by atoms with van der Waals surface area (Å²) in [5.41, 5.74) is 0.735. The first-order valence-corrected chi connectivity index (χ1v) is 20.7. The fourth-order valence-corrected chi connectivity index (χ4v) is 10.1. The molecule has 4 fully saturated rings. The zero-order valence-electron chi connectivity index (χ0n) is 33.7. The van der Waals surface area contributed by atoms with Crippen LogP contribution in [0.3, 0.4) is 0 Å². The summed E-state index contributed by atoms with van der Waals surface area (Å²) in [5.74, 6) is -1.61. The second-order valence-electron chi connectivity index (χ2n) is 17.6. The Labute approximate surface area is 345 Å². The Morgan fingerprint density at radius 3 is 2.50 bits per heavy atom. The number of imide groups is 1. The third-order valence-electron chi connectivity index (χ3n) is 13.4. The van der Waals surface area contributed by atoms with Crippen molar-refractivity contribution in [3.63, 3.8) is 0 Å². The number of para-hydroxylation sites is 1. The van der Waals surface area contributed by atoms with Crippen LogP contribution >= 0.6 is 0 Å². The zero-order chi connectivity index (χ0) is 42.1. The summed E-state index contributed by atoms with van der Waals surface area (Å²) in [6.07, 6.45) is -0.368. The van der Waals surface area contributed by atoms with Crippen LogP contribution < -0.4 is 20.4 Å². The van der Waals surface area contributed by atoms with E-state index >= 15 is 8.78 Å². The van der Waals surface area contributed by atoms with Crippen LogP contribution in [0.15, 0.2) is 42.5 Å². The Hall–Kier alpha value is -5.65. The molecule has 3 N–H and O–H groups in total. The van der Waals surface area contributed by atoms with Crippen LogP contribution in [0.4, 0.5) is 35.2 Å². The summed E-state index contributed by atoms with van der Waals surface area (Å²) in [6.45, 7) is 8.63. The van der Waals surface area contributed by atoms with E-state index in [2.05, 4.69) is 30.6 Å². The molecule has 6 aliphatic rings. The minimum atomic E-state index is -2.83. The predicted molar refractivity (Wildman–Crippen MR) is 215 cm³/mol. The molecule has 5 amide bonds. The van der Waals surface area contributed by atoms with Crippen LogP contribution in [0.25, 0.3) is 11.3 Å². The summed E-state index contributed by atoms with van der Waals surface area (Å²) < 4.78 is 44.7. The first-order chi connectivity index (χ1) is 28.7. The number of piperidine rings is 2. The van der Waals surface area contributed by atoms with Crippen molar-refractivity contribution in [1.29, 1.82) is 0 Å². The number of aromatic nitrogens is 2. The van der Waals surface area contributed by atoms with E-state index in [-0.39, 0.29) is 61.7 Å². The molecule has 0 aliphatic carbocycles. The van der Waals surface area contributed by atoms with Gasteiger partial charge in [0.1, 0.15) is 11.6 Å². The molecule has 0 spiro atoms. The number of rotatable bonds is 6. The smallest absolute Gasteiger partial charge is 0.320 e. The third-order valence-corrected chi connectivity index (χ3v) is 13.4. The van der Waals surface area contributed by atoms with Gasteiger partial charge in [-0.15, -0.1) is 10.2 Å². The number of amides is 5. The largest absolute Gasteiger partial charge is 0.504 e. The van der Waals surface area contributed by atoms with Crippen molar-refractivity contribution in [2.24, 2.45) is 5.92 Å². The van der Waals surface area contributed by atoms with Gasteiger partial charge in [0.15, 0.2) is 17.4 Å². The topological polar surface area (TPSA) is 158 Å². The molecule has 7 heterocycles. The fraction of sp³-hybridized carbons (Fsp3) is 0.524. The molecule has 1 aromatic heterocycles. The average Bonchev–Trinajstić information content (AvgIpc) is 3.55. The molecule has 0 saturated carbocycles. The van der Waals surface area contributed by atoms with Crippen molar-refractivity contribution >= 4 is 40.9 Å². The number of nitrogens with one attached hydrogen (secondary N) is 2. The Morgan fingerprint density at radius 2 is 1.75 bits per heavy atom. The molecule has 9 rings (SSSR count). The summed E-state index contributed by atoms with van der Waals surface area (Å²) in [6, 6.07) is 10.6. The average molecular weight is 831 g/mol. The number of carbonyl (C=O) groups excluding carboxylic acids is 4. The molecule has 2 aromatic carbocycles. The van der Waals surface area contributed by atoms with Crippen LogP contribution in [0.5, 0.6) is 5.75 Å². The molecule has 4 saturated heterocycles. The van der Waals surface area contributed by atoms with E-state index in [1.54, 1.807) is 9.80 Å². The van der Waals surface area contributed by atoms with Crippen LogP contribution in [0.2, 0.25) is 0 Å². The normalized spacial score (nSPS) is 24.6. The molecule has 0 unspecified atom stereocenters. The lowest BCUT2D eigenvalue weighted by molar-refractivity contribution is -0.136. The first-order valence-electron chi connectivity index (χ1n) is 20.7. The van der Waals surface area contributed by atoms with Gasteiger partial charge in [0, 0.05) is 88.7 Å². The first kappa shape index (κ1) is 39.8.